The fraction of sp³-hybridized carbons (Fsp3) is 0.304. The summed E-state index contributed by atoms with van der Waals surface area (Å²) in [5.74, 6) is -0.279. The van der Waals surface area contributed by atoms with Crippen LogP contribution in [0.1, 0.15) is 34.2 Å². The maximum atomic E-state index is 13.7. The molecule has 0 atom stereocenters. The molecule has 0 aliphatic heterocycles. The summed E-state index contributed by atoms with van der Waals surface area (Å²) in [5, 5.41) is 14.6. The van der Waals surface area contributed by atoms with Gasteiger partial charge in [-0.15, -0.1) is 10.2 Å². The molecule has 0 unspecified atom stereocenters. The number of amides is 2. The Morgan fingerprint density at radius 1 is 1.12 bits per heavy atom. The van der Waals surface area contributed by atoms with Crippen LogP contribution in [0.2, 0.25) is 0 Å². The van der Waals surface area contributed by atoms with Gasteiger partial charge in [-0.3, -0.25) is 9.59 Å². The van der Waals surface area contributed by atoms with E-state index >= 15 is 0 Å². The fourth-order valence-corrected chi connectivity index (χ4v) is 3.95. The molecule has 0 aliphatic rings. The molecule has 2 amide bonds. The molecular formula is C23H26FN5O2S. The second-order valence-electron chi connectivity index (χ2n) is 7.24. The predicted octanol–water partition coefficient (Wildman–Crippen LogP) is 3.53. The minimum Gasteiger partial charge on any atom is -0.351 e. The standard InChI is InChI=1S/C23H26FN5O2S/c1-4-16-9-7-8-15(2)21(16)26-20(30)14-32-23-28-27-19(29(23)3)12-13-25-22(31)17-10-5-6-11-18(17)24/h5-11H,4,12-14H2,1-3H3,(H,25,31)(H,26,30). The Balaban J connectivity index is 1.51. The van der Waals surface area contributed by atoms with Crippen molar-refractivity contribution in [3.63, 3.8) is 0 Å². The first-order valence-corrected chi connectivity index (χ1v) is 11.3. The number of para-hydroxylation sites is 1. The van der Waals surface area contributed by atoms with Crippen LogP contribution in [0.15, 0.2) is 47.6 Å². The minimum absolute atomic E-state index is 0.00704. The van der Waals surface area contributed by atoms with Crippen molar-refractivity contribution < 1.29 is 14.0 Å². The number of hydrogen-bond donors (Lipinski definition) is 2. The van der Waals surface area contributed by atoms with E-state index < -0.39 is 11.7 Å². The monoisotopic (exact) mass is 455 g/mol. The van der Waals surface area contributed by atoms with E-state index in [1.165, 1.54) is 30.0 Å². The van der Waals surface area contributed by atoms with Gasteiger partial charge in [-0.05, 0) is 36.6 Å². The average Bonchev–Trinajstić information content (AvgIpc) is 3.13. The summed E-state index contributed by atoms with van der Waals surface area (Å²) in [6, 6.07) is 11.8. The highest BCUT2D eigenvalue weighted by molar-refractivity contribution is 7.99. The number of rotatable bonds is 9. The van der Waals surface area contributed by atoms with E-state index in [0.29, 0.717) is 17.4 Å². The number of hydrogen-bond acceptors (Lipinski definition) is 5. The van der Waals surface area contributed by atoms with E-state index in [-0.39, 0.29) is 23.8 Å². The lowest BCUT2D eigenvalue weighted by molar-refractivity contribution is -0.113. The molecule has 2 N–H and O–H groups in total. The van der Waals surface area contributed by atoms with Gasteiger partial charge in [0.15, 0.2) is 5.16 Å². The van der Waals surface area contributed by atoms with Gasteiger partial charge in [0.25, 0.3) is 5.91 Å². The van der Waals surface area contributed by atoms with Crippen LogP contribution in [-0.4, -0.2) is 38.9 Å². The number of benzene rings is 2. The maximum absolute atomic E-state index is 13.7. The molecule has 0 spiro atoms. The Labute approximate surface area is 190 Å². The highest BCUT2D eigenvalue weighted by atomic mass is 32.2. The number of nitrogens with zero attached hydrogens (tertiary/aromatic N) is 3. The van der Waals surface area contributed by atoms with Gasteiger partial charge in [0.1, 0.15) is 11.6 Å². The van der Waals surface area contributed by atoms with Gasteiger partial charge in [-0.1, -0.05) is 49.0 Å². The van der Waals surface area contributed by atoms with Crippen molar-refractivity contribution in [2.45, 2.75) is 31.8 Å². The average molecular weight is 456 g/mol. The lowest BCUT2D eigenvalue weighted by Crippen LogP contribution is -2.27. The Kier molecular flexibility index (Phi) is 7.99. The number of carbonyl (C=O) groups excluding carboxylic acids is 2. The van der Waals surface area contributed by atoms with Crippen molar-refractivity contribution in [1.82, 2.24) is 20.1 Å². The summed E-state index contributed by atoms with van der Waals surface area (Å²) >= 11 is 1.29. The van der Waals surface area contributed by atoms with Crippen LogP contribution in [0.25, 0.3) is 0 Å². The number of carbonyl (C=O) groups is 2. The first-order valence-electron chi connectivity index (χ1n) is 10.3. The second-order valence-corrected chi connectivity index (χ2v) is 8.19. The van der Waals surface area contributed by atoms with Crippen LogP contribution in [0.4, 0.5) is 10.1 Å². The Morgan fingerprint density at radius 3 is 2.66 bits per heavy atom. The highest BCUT2D eigenvalue weighted by Gasteiger charge is 2.14. The topological polar surface area (TPSA) is 88.9 Å². The highest BCUT2D eigenvalue weighted by Crippen LogP contribution is 2.22. The van der Waals surface area contributed by atoms with E-state index in [4.69, 9.17) is 0 Å². The van der Waals surface area contributed by atoms with Gasteiger partial charge in [0.2, 0.25) is 5.91 Å². The van der Waals surface area contributed by atoms with Crippen LogP contribution in [0.3, 0.4) is 0 Å². The largest absolute Gasteiger partial charge is 0.351 e. The molecule has 0 bridgehead atoms. The van der Waals surface area contributed by atoms with Gasteiger partial charge in [-0.2, -0.15) is 0 Å². The third-order valence-corrected chi connectivity index (χ3v) is 6.03. The van der Waals surface area contributed by atoms with Gasteiger partial charge >= 0.3 is 0 Å². The molecule has 3 aromatic rings. The number of aryl methyl sites for hydroxylation is 2. The zero-order chi connectivity index (χ0) is 23.1. The van der Waals surface area contributed by atoms with Crippen LogP contribution in [0, 0.1) is 12.7 Å². The molecule has 1 aromatic heterocycles. The first kappa shape index (κ1) is 23.5. The summed E-state index contributed by atoms with van der Waals surface area (Å²) in [7, 11) is 1.81. The maximum Gasteiger partial charge on any atom is 0.254 e. The van der Waals surface area contributed by atoms with Crippen molar-refractivity contribution >= 4 is 29.3 Å². The second kappa shape index (κ2) is 10.9. The SMILES string of the molecule is CCc1cccc(C)c1NC(=O)CSc1nnc(CCNC(=O)c2ccccc2F)n1C. The summed E-state index contributed by atoms with van der Waals surface area (Å²) in [6.07, 6.45) is 1.27. The number of anilines is 1. The fourth-order valence-electron chi connectivity index (χ4n) is 3.22. The van der Waals surface area contributed by atoms with Gasteiger partial charge in [0, 0.05) is 25.7 Å². The Bertz CT molecular complexity index is 1120. The summed E-state index contributed by atoms with van der Waals surface area (Å²) in [6.45, 7) is 4.32. The number of aromatic nitrogens is 3. The number of halogens is 1. The molecule has 0 aliphatic carbocycles. The van der Waals surface area contributed by atoms with Gasteiger partial charge < -0.3 is 15.2 Å². The van der Waals surface area contributed by atoms with Crippen molar-refractivity contribution in [1.29, 1.82) is 0 Å². The minimum atomic E-state index is -0.558. The summed E-state index contributed by atoms with van der Waals surface area (Å²) in [4.78, 5) is 24.6. The summed E-state index contributed by atoms with van der Waals surface area (Å²) < 4.78 is 15.5. The molecule has 7 nitrogen and oxygen atoms in total. The molecule has 0 saturated carbocycles. The zero-order valence-corrected chi connectivity index (χ0v) is 19.1. The quantitative estimate of drug-likeness (QED) is 0.482. The van der Waals surface area contributed by atoms with E-state index in [9.17, 15) is 14.0 Å². The van der Waals surface area contributed by atoms with Crippen LogP contribution >= 0.6 is 11.8 Å². The normalized spacial score (nSPS) is 10.8. The molecule has 3 rings (SSSR count). The smallest absolute Gasteiger partial charge is 0.254 e. The van der Waals surface area contributed by atoms with Gasteiger partial charge in [0.05, 0.1) is 11.3 Å². The van der Waals surface area contributed by atoms with Crippen molar-refractivity contribution in [2.24, 2.45) is 7.05 Å². The molecule has 32 heavy (non-hydrogen) atoms. The van der Waals surface area contributed by atoms with E-state index in [2.05, 4.69) is 27.8 Å². The van der Waals surface area contributed by atoms with Crippen molar-refractivity contribution in [3.05, 3.63) is 70.8 Å². The molecule has 168 valence electrons. The third-order valence-electron chi connectivity index (χ3n) is 5.01. The lowest BCUT2D eigenvalue weighted by Gasteiger charge is -2.12. The van der Waals surface area contributed by atoms with Crippen LogP contribution in [-0.2, 0) is 24.7 Å². The zero-order valence-electron chi connectivity index (χ0n) is 18.3. The molecule has 1 heterocycles. The van der Waals surface area contributed by atoms with E-state index in [1.807, 2.05) is 32.2 Å². The van der Waals surface area contributed by atoms with E-state index in [0.717, 1.165) is 23.2 Å². The van der Waals surface area contributed by atoms with Crippen LogP contribution < -0.4 is 10.6 Å². The van der Waals surface area contributed by atoms with Crippen LogP contribution in [0.5, 0.6) is 0 Å². The summed E-state index contributed by atoms with van der Waals surface area (Å²) in [5.41, 5.74) is 3.00. The molecule has 0 saturated heterocycles. The number of nitrogens with one attached hydrogen (secondary N) is 2. The molecule has 9 heteroatoms. The number of thioether (sulfide) groups is 1. The first-order chi connectivity index (χ1) is 15.4. The molecule has 0 radical (unpaired) electrons. The molecule has 2 aromatic carbocycles. The van der Waals surface area contributed by atoms with Crippen molar-refractivity contribution in [2.75, 3.05) is 17.6 Å². The van der Waals surface area contributed by atoms with Crippen molar-refractivity contribution in [3.8, 4) is 0 Å². The predicted molar refractivity (Wildman–Crippen MR) is 123 cm³/mol. The molecular weight excluding hydrogens is 429 g/mol. The lowest BCUT2D eigenvalue weighted by atomic mass is 10.1. The molecule has 0 fully saturated rings. The van der Waals surface area contributed by atoms with Gasteiger partial charge in [-0.25, -0.2) is 4.39 Å². The Hall–Kier alpha value is -3.20. The van der Waals surface area contributed by atoms with E-state index in [1.54, 1.807) is 10.6 Å². The third kappa shape index (κ3) is 5.73. The Morgan fingerprint density at radius 2 is 1.91 bits per heavy atom.